The molecule has 1 atom stereocenters. The maximum absolute atomic E-state index is 13.0. The van der Waals surface area contributed by atoms with Crippen molar-refractivity contribution in [3.8, 4) is 0 Å². The normalized spacial score (nSPS) is 12.3. The summed E-state index contributed by atoms with van der Waals surface area (Å²) in [4.78, 5) is 8.63. The van der Waals surface area contributed by atoms with Crippen molar-refractivity contribution in [2.75, 3.05) is 10.7 Å². The first-order valence-electron chi connectivity index (χ1n) is 6.49. The average molecular weight is 286 g/mol. The topological polar surface area (TPSA) is 80.3 Å². The quantitative estimate of drug-likeness (QED) is 0.506. The van der Waals surface area contributed by atoms with E-state index in [9.17, 15) is 4.39 Å². The van der Waals surface area contributed by atoms with Gasteiger partial charge in [-0.25, -0.2) is 20.2 Å². The zero-order valence-electron chi connectivity index (χ0n) is 11.4. The van der Waals surface area contributed by atoms with Crippen LogP contribution in [0.25, 0.3) is 5.65 Å². The molecule has 0 aliphatic carbocycles. The van der Waals surface area contributed by atoms with Crippen molar-refractivity contribution in [2.45, 2.75) is 13.0 Å². The molecule has 21 heavy (non-hydrogen) atoms. The van der Waals surface area contributed by atoms with Crippen LogP contribution >= 0.6 is 0 Å². The summed E-state index contributed by atoms with van der Waals surface area (Å²) in [6, 6.07) is 6.29. The summed E-state index contributed by atoms with van der Waals surface area (Å²) in [5, 5.41) is 3.27. The van der Waals surface area contributed by atoms with E-state index in [2.05, 4.69) is 20.7 Å². The summed E-state index contributed by atoms with van der Waals surface area (Å²) in [5.41, 5.74) is 4.17. The number of halogens is 1. The molecule has 3 rings (SSSR count). The molecule has 2 heterocycles. The predicted molar refractivity (Wildman–Crippen MR) is 79.2 cm³/mol. The Kier molecular flexibility index (Phi) is 3.41. The lowest BCUT2D eigenvalue weighted by atomic mass is 10.1. The molecule has 0 radical (unpaired) electrons. The molecule has 2 aromatic heterocycles. The zero-order valence-corrected chi connectivity index (χ0v) is 11.4. The largest absolute Gasteiger partial charge is 0.360 e. The van der Waals surface area contributed by atoms with Crippen molar-refractivity contribution < 1.29 is 4.39 Å². The van der Waals surface area contributed by atoms with E-state index >= 15 is 0 Å². The summed E-state index contributed by atoms with van der Waals surface area (Å²) < 4.78 is 14.8. The van der Waals surface area contributed by atoms with Gasteiger partial charge in [0.2, 0.25) is 0 Å². The van der Waals surface area contributed by atoms with Gasteiger partial charge in [-0.15, -0.1) is 0 Å². The minimum absolute atomic E-state index is 0.0494. The van der Waals surface area contributed by atoms with Crippen molar-refractivity contribution in [3.63, 3.8) is 0 Å². The first kappa shape index (κ1) is 13.3. The number of hydrazine groups is 1. The molecule has 0 bridgehead atoms. The summed E-state index contributed by atoms with van der Waals surface area (Å²) >= 11 is 0. The first-order valence-corrected chi connectivity index (χ1v) is 6.49. The fraction of sp³-hybridized carbons (Fsp3) is 0.143. The Morgan fingerprint density at radius 2 is 2.05 bits per heavy atom. The molecule has 3 aromatic rings. The summed E-state index contributed by atoms with van der Waals surface area (Å²) in [6.07, 6.45) is 5.24. The Morgan fingerprint density at radius 1 is 1.29 bits per heavy atom. The van der Waals surface area contributed by atoms with Crippen molar-refractivity contribution in [1.29, 1.82) is 0 Å². The molecule has 4 N–H and O–H groups in total. The van der Waals surface area contributed by atoms with E-state index in [0.717, 1.165) is 5.56 Å². The lowest BCUT2D eigenvalue weighted by Gasteiger charge is -2.16. The van der Waals surface area contributed by atoms with Crippen LogP contribution in [-0.4, -0.2) is 14.4 Å². The van der Waals surface area contributed by atoms with Gasteiger partial charge < -0.3 is 15.1 Å². The van der Waals surface area contributed by atoms with Crippen LogP contribution in [0.2, 0.25) is 0 Å². The van der Waals surface area contributed by atoms with Gasteiger partial charge in [-0.3, -0.25) is 0 Å². The molecule has 0 aliphatic rings. The third-order valence-electron chi connectivity index (χ3n) is 3.25. The molecule has 108 valence electrons. The highest BCUT2D eigenvalue weighted by Gasteiger charge is 2.11. The molecular weight excluding hydrogens is 271 g/mol. The van der Waals surface area contributed by atoms with Crippen LogP contribution in [0.15, 0.2) is 42.9 Å². The minimum Gasteiger partial charge on any atom is -0.360 e. The number of anilines is 2. The van der Waals surface area contributed by atoms with Crippen LogP contribution < -0.4 is 16.6 Å². The number of rotatable bonds is 4. The number of imidazole rings is 1. The highest BCUT2D eigenvalue weighted by molar-refractivity contribution is 5.65. The number of hydrogen-bond donors (Lipinski definition) is 3. The average Bonchev–Trinajstić information content (AvgIpc) is 2.96. The smallest absolute Gasteiger partial charge is 0.180 e. The number of nitrogens with zero attached hydrogens (tertiary/aromatic N) is 3. The molecule has 1 aromatic carbocycles. The number of hydrogen-bond acceptors (Lipinski definition) is 5. The Bertz CT molecular complexity index is 752. The van der Waals surface area contributed by atoms with E-state index < -0.39 is 0 Å². The van der Waals surface area contributed by atoms with Gasteiger partial charge in [0.15, 0.2) is 17.3 Å². The van der Waals surface area contributed by atoms with Crippen molar-refractivity contribution in [2.24, 2.45) is 5.84 Å². The van der Waals surface area contributed by atoms with Crippen LogP contribution in [0.1, 0.15) is 18.5 Å². The van der Waals surface area contributed by atoms with Gasteiger partial charge in [0.05, 0.1) is 12.2 Å². The predicted octanol–water partition coefficient (Wildman–Crippen LogP) is 2.33. The summed E-state index contributed by atoms with van der Waals surface area (Å²) in [7, 11) is 0. The lowest BCUT2D eigenvalue weighted by Crippen LogP contribution is -2.13. The zero-order chi connectivity index (χ0) is 14.8. The number of benzene rings is 1. The van der Waals surface area contributed by atoms with Gasteiger partial charge in [-0.05, 0) is 24.6 Å². The van der Waals surface area contributed by atoms with Crippen LogP contribution in [-0.2, 0) is 0 Å². The SMILES string of the molecule is CC(Nc1nc(NN)cn2ccnc12)c1ccc(F)cc1. The van der Waals surface area contributed by atoms with Crippen LogP contribution in [0.3, 0.4) is 0 Å². The molecular formula is C14H15FN6. The number of fused-ring (bicyclic) bond motifs is 1. The van der Waals surface area contributed by atoms with Gasteiger partial charge in [0.25, 0.3) is 0 Å². The standard InChI is InChI=1S/C14H15FN6/c1-9(10-2-4-11(15)5-3-10)18-13-14-17-6-7-21(14)8-12(19-13)20-16/h2-9,20H,16H2,1H3,(H,18,19). The van der Waals surface area contributed by atoms with Crippen LogP contribution in [0.4, 0.5) is 16.0 Å². The number of aromatic nitrogens is 3. The molecule has 0 fully saturated rings. The Morgan fingerprint density at radius 3 is 2.76 bits per heavy atom. The second kappa shape index (κ2) is 5.37. The van der Waals surface area contributed by atoms with E-state index in [1.54, 1.807) is 24.5 Å². The minimum atomic E-state index is -0.256. The van der Waals surface area contributed by atoms with E-state index in [-0.39, 0.29) is 11.9 Å². The Balaban J connectivity index is 1.93. The van der Waals surface area contributed by atoms with E-state index in [0.29, 0.717) is 17.3 Å². The van der Waals surface area contributed by atoms with E-state index in [1.807, 2.05) is 17.5 Å². The fourth-order valence-electron chi connectivity index (χ4n) is 2.14. The second-order valence-corrected chi connectivity index (χ2v) is 4.69. The highest BCUT2D eigenvalue weighted by atomic mass is 19.1. The molecule has 0 saturated heterocycles. The second-order valence-electron chi connectivity index (χ2n) is 4.69. The third kappa shape index (κ3) is 2.63. The van der Waals surface area contributed by atoms with Gasteiger partial charge in [-0.2, -0.15) is 0 Å². The van der Waals surface area contributed by atoms with Crippen LogP contribution in [0.5, 0.6) is 0 Å². The number of nitrogens with one attached hydrogen (secondary N) is 2. The van der Waals surface area contributed by atoms with E-state index in [1.165, 1.54) is 12.1 Å². The van der Waals surface area contributed by atoms with Gasteiger partial charge in [0, 0.05) is 12.4 Å². The van der Waals surface area contributed by atoms with Gasteiger partial charge >= 0.3 is 0 Å². The Hall–Kier alpha value is -2.67. The molecule has 0 aliphatic heterocycles. The maximum Gasteiger partial charge on any atom is 0.180 e. The lowest BCUT2D eigenvalue weighted by molar-refractivity contribution is 0.626. The molecule has 0 saturated carbocycles. The molecule has 7 heteroatoms. The van der Waals surface area contributed by atoms with E-state index in [4.69, 9.17) is 5.84 Å². The number of nitrogen functional groups attached to an aromatic ring is 1. The maximum atomic E-state index is 13.0. The highest BCUT2D eigenvalue weighted by Crippen LogP contribution is 2.22. The van der Waals surface area contributed by atoms with Crippen molar-refractivity contribution >= 4 is 17.3 Å². The van der Waals surface area contributed by atoms with Crippen LogP contribution in [0, 0.1) is 5.82 Å². The monoisotopic (exact) mass is 286 g/mol. The third-order valence-corrected chi connectivity index (χ3v) is 3.25. The summed E-state index contributed by atoms with van der Waals surface area (Å²) in [6.45, 7) is 1.97. The summed E-state index contributed by atoms with van der Waals surface area (Å²) in [5.74, 6) is 6.29. The molecule has 0 amide bonds. The molecule has 6 nitrogen and oxygen atoms in total. The van der Waals surface area contributed by atoms with Gasteiger partial charge in [-0.1, -0.05) is 12.1 Å². The number of nitrogens with two attached hydrogens (primary N) is 1. The van der Waals surface area contributed by atoms with Crippen molar-refractivity contribution in [1.82, 2.24) is 14.4 Å². The van der Waals surface area contributed by atoms with Gasteiger partial charge in [0.1, 0.15) is 5.82 Å². The molecule has 0 spiro atoms. The van der Waals surface area contributed by atoms with Crippen molar-refractivity contribution in [3.05, 3.63) is 54.2 Å². The Labute approximate surface area is 120 Å². The first-order chi connectivity index (χ1) is 10.2. The fourth-order valence-corrected chi connectivity index (χ4v) is 2.14. The molecule has 1 unspecified atom stereocenters.